The average Bonchev–Trinajstić information content (AvgIpc) is 2.56. The minimum absolute atomic E-state index is 0.242. The van der Waals surface area contributed by atoms with Crippen LogP contribution in [-0.4, -0.2) is 16.2 Å². The number of hydrogen-bond donors (Lipinski definition) is 1. The molecular weight excluding hydrogens is 187 g/mol. The molecule has 0 aliphatic heterocycles. The summed E-state index contributed by atoms with van der Waals surface area (Å²) in [4.78, 5) is 7.19. The number of nitrogens with zero attached hydrogens (tertiary/aromatic N) is 1. The number of imidazole rings is 1. The van der Waals surface area contributed by atoms with Crippen molar-refractivity contribution in [2.24, 2.45) is 0 Å². The number of hydrogen-bond acceptors (Lipinski definition) is 2. The van der Waals surface area contributed by atoms with Crippen LogP contribution in [0, 0.1) is 12.7 Å². The molecule has 0 unspecified atom stereocenters. The highest BCUT2D eigenvalue weighted by Gasteiger charge is 2.08. The highest BCUT2D eigenvalue weighted by molar-refractivity contribution is 7.98. The number of halogens is 1. The Morgan fingerprint density at radius 3 is 2.85 bits per heavy atom. The number of nitrogens with one attached hydrogen (secondary N) is 1. The molecular formula is C9H9FN2S. The fraction of sp³-hybridized carbons (Fsp3) is 0.222. The van der Waals surface area contributed by atoms with Gasteiger partial charge in [0, 0.05) is 0 Å². The van der Waals surface area contributed by atoms with Crippen molar-refractivity contribution in [2.45, 2.75) is 12.1 Å². The number of benzene rings is 1. The summed E-state index contributed by atoms with van der Waals surface area (Å²) in [5.41, 5.74) is 2.22. The zero-order valence-electron chi connectivity index (χ0n) is 7.39. The number of thioether (sulfide) groups is 1. The van der Waals surface area contributed by atoms with E-state index >= 15 is 0 Å². The minimum Gasteiger partial charge on any atom is -0.331 e. The van der Waals surface area contributed by atoms with E-state index in [1.54, 1.807) is 6.07 Å². The normalized spacial score (nSPS) is 11.0. The quantitative estimate of drug-likeness (QED) is 0.710. The molecule has 0 saturated heterocycles. The summed E-state index contributed by atoms with van der Waals surface area (Å²) in [5, 5.41) is 0.753. The van der Waals surface area contributed by atoms with Gasteiger partial charge < -0.3 is 4.98 Å². The fourth-order valence-corrected chi connectivity index (χ4v) is 1.65. The van der Waals surface area contributed by atoms with E-state index in [4.69, 9.17) is 0 Å². The van der Waals surface area contributed by atoms with E-state index in [2.05, 4.69) is 9.97 Å². The SMILES string of the molecule is CSc1nc2c(C)ccc(F)c2[nH]1. The van der Waals surface area contributed by atoms with E-state index in [0.717, 1.165) is 16.2 Å². The van der Waals surface area contributed by atoms with Gasteiger partial charge in [0.2, 0.25) is 0 Å². The summed E-state index contributed by atoms with van der Waals surface area (Å²) < 4.78 is 13.2. The lowest BCUT2D eigenvalue weighted by molar-refractivity contribution is 0.636. The van der Waals surface area contributed by atoms with Crippen molar-refractivity contribution in [3.63, 3.8) is 0 Å². The van der Waals surface area contributed by atoms with Gasteiger partial charge >= 0.3 is 0 Å². The van der Waals surface area contributed by atoms with Gasteiger partial charge in [0.05, 0.1) is 5.52 Å². The van der Waals surface area contributed by atoms with Crippen molar-refractivity contribution in [1.29, 1.82) is 0 Å². The first-order valence-corrected chi connectivity index (χ1v) is 5.13. The first-order valence-electron chi connectivity index (χ1n) is 3.91. The van der Waals surface area contributed by atoms with Gasteiger partial charge in [-0.3, -0.25) is 0 Å². The Balaban J connectivity index is 2.80. The largest absolute Gasteiger partial charge is 0.331 e. The summed E-state index contributed by atoms with van der Waals surface area (Å²) in [6.45, 7) is 1.92. The Bertz CT molecular complexity index is 411. The molecule has 1 aromatic heterocycles. The molecule has 2 aromatic rings. The molecule has 2 nitrogen and oxygen atoms in total. The summed E-state index contributed by atoms with van der Waals surface area (Å²) in [7, 11) is 0. The van der Waals surface area contributed by atoms with Gasteiger partial charge in [-0.15, -0.1) is 0 Å². The third-order valence-corrected chi connectivity index (χ3v) is 2.55. The number of H-pyrrole nitrogens is 1. The summed E-state index contributed by atoms with van der Waals surface area (Å²) in [6, 6.07) is 3.20. The van der Waals surface area contributed by atoms with Crippen LogP contribution in [0.15, 0.2) is 17.3 Å². The molecule has 4 heteroatoms. The maximum atomic E-state index is 13.2. The van der Waals surface area contributed by atoms with Crippen molar-refractivity contribution >= 4 is 22.8 Å². The van der Waals surface area contributed by atoms with Crippen LogP contribution in [0.2, 0.25) is 0 Å². The average molecular weight is 196 g/mol. The molecule has 0 amide bonds. The van der Waals surface area contributed by atoms with E-state index in [-0.39, 0.29) is 5.82 Å². The Labute approximate surface area is 79.6 Å². The maximum Gasteiger partial charge on any atom is 0.166 e. The van der Waals surface area contributed by atoms with Crippen molar-refractivity contribution < 1.29 is 4.39 Å². The van der Waals surface area contributed by atoms with Gasteiger partial charge in [0.1, 0.15) is 11.3 Å². The predicted molar refractivity (Wildman–Crippen MR) is 52.6 cm³/mol. The third-order valence-electron chi connectivity index (χ3n) is 1.97. The first kappa shape index (κ1) is 8.56. The summed E-state index contributed by atoms with van der Waals surface area (Å²) in [5.74, 6) is -0.242. The van der Waals surface area contributed by atoms with Gasteiger partial charge in [-0.05, 0) is 24.8 Å². The molecule has 0 saturated carbocycles. The smallest absolute Gasteiger partial charge is 0.166 e. The molecule has 2 rings (SSSR count). The van der Waals surface area contributed by atoms with E-state index in [1.165, 1.54) is 17.8 Å². The Hall–Kier alpha value is -1.03. The van der Waals surface area contributed by atoms with E-state index in [1.807, 2.05) is 13.2 Å². The zero-order chi connectivity index (χ0) is 9.42. The number of aryl methyl sites for hydroxylation is 1. The van der Waals surface area contributed by atoms with Gasteiger partial charge in [-0.2, -0.15) is 0 Å². The van der Waals surface area contributed by atoms with Crippen LogP contribution in [0.4, 0.5) is 4.39 Å². The topological polar surface area (TPSA) is 28.7 Å². The van der Waals surface area contributed by atoms with E-state index in [0.29, 0.717) is 5.52 Å². The second-order valence-corrected chi connectivity index (χ2v) is 3.63. The Morgan fingerprint density at radius 2 is 2.23 bits per heavy atom. The second-order valence-electron chi connectivity index (χ2n) is 2.83. The summed E-state index contributed by atoms with van der Waals surface area (Å²) >= 11 is 1.48. The number of fused-ring (bicyclic) bond motifs is 1. The fourth-order valence-electron chi connectivity index (χ4n) is 1.27. The lowest BCUT2D eigenvalue weighted by Gasteiger charge is -1.93. The molecule has 0 spiro atoms. The van der Waals surface area contributed by atoms with Crippen LogP contribution in [0.1, 0.15) is 5.56 Å². The Morgan fingerprint density at radius 1 is 1.46 bits per heavy atom. The second kappa shape index (κ2) is 3.03. The van der Waals surface area contributed by atoms with Crippen LogP contribution < -0.4 is 0 Å². The maximum absolute atomic E-state index is 13.2. The van der Waals surface area contributed by atoms with Crippen molar-refractivity contribution in [1.82, 2.24) is 9.97 Å². The highest BCUT2D eigenvalue weighted by atomic mass is 32.2. The van der Waals surface area contributed by atoms with Crippen LogP contribution in [-0.2, 0) is 0 Å². The van der Waals surface area contributed by atoms with Gasteiger partial charge in [-0.1, -0.05) is 17.8 Å². The molecule has 68 valence electrons. The van der Waals surface area contributed by atoms with E-state index < -0.39 is 0 Å². The molecule has 1 heterocycles. The van der Waals surface area contributed by atoms with Crippen LogP contribution in [0.3, 0.4) is 0 Å². The molecule has 1 N–H and O–H groups in total. The van der Waals surface area contributed by atoms with Crippen molar-refractivity contribution in [3.8, 4) is 0 Å². The zero-order valence-corrected chi connectivity index (χ0v) is 8.20. The monoisotopic (exact) mass is 196 g/mol. The van der Waals surface area contributed by atoms with Crippen molar-refractivity contribution in [2.75, 3.05) is 6.26 Å². The molecule has 0 aliphatic carbocycles. The molecule has 0 bridgehead atoms. The van der Waals surface area contributed by atoms with E-state index in [9.17, 15) is 4.39 Å². The van der Waals surface area contributed by atoms with Gasteiger partial charge in [0.15, 0.2) is 5.16 Å². The molecule has 0 fully saturated rings. The Kier molecular flexibility index (Phi) is 2.00. The third kappa shape index (κ3) is 1.31. The number of aromatic nitrogens is 2. The molecule has 1 aromatic carbocycles. The first-order chi connectivity index (χ1) is 6.22. The predicted octanol–water partition coefficient (Wildman–Crippen LogP) is 2.73. The van der Waals surface area contributed by atoms with Crippen LogP contribution >= 0.6 is 11.8 Å². The number of rotatable bonds is 1. The lowest BCUT2D eigenvalue weighted by Crippen LogP contribution is -1.80. The van der Waals surface area contributed by atoms with Crippen molar-refractivity contribution in [3.05, 3.63) is 23.5 Å². The van der Waals surface area contributed by atoms with Crippen LogP contribution in [0.5, 0.6) is 0 Å². The van der Waals surface area contributed by atoms with Gasteiger partial charge in [0.25, 0.3) is 0 Å². The lowest BCUT2D eigenvalue weighted by atomic mass is 10.2. The highest BCUT2D eigenvalue weighted by Crippen LogP contribution is 2.22. The molecule has 0 atom stereocenters. The standard InChI is InChI=1S/C9H9FN2S/c1-5-3-4-6(10)8-7(5)11-9(12-8)13-2/h3-4H,1-2H3,(H,11,12). The molecule has 0 radical (unpaired) electrons. The minimum atomic E-state index is -0.242. The number of aromatic amines is 1. The van der Waals surface area contributed by atoms with Gasteiger partial charge in [-0.25, -0.2) is 9.37 Å². The van der Waals surface area contributed by atoms with Crippen LogP contribution in [0.25, 0.3) is 11.0 Å². The summed E-state index contributed by atoms with van der Waals surface area (Å²) in [6.07, 6.45) is 1.91. The molecule has 0 aliphatic rings. The molecule has 13 heavy (non-hydrogen) atoms.